The molecule has 7 heteroatoms. The molecule has 1 atom stereocenters. The van der Waals surface area contributed by atoms with E-state index in [0.29, 0.717) is 5.69 Å². The van der Waals surface area contributed by atoms with Crippen molar-refractivity contribution in [3.8, 4) is 17.0 Å². The minimum Gasteiger partial charge on any atom is -0.508 e. The molecule has 1 aromatic heterocycles. The fourth-order valence-corrected chi connectivity index (χ4v) is 5.05. The number of aromatic nitrogens is 1. The Hall–Kier alpha value is -2.93. The fraction of sp³-hybridized carbons (Fsp3) is 0.357. The molecule has 1 saturated heterocycles. The Balaban J connectivity index is 1.84. The second-order valence-corrected chi connectivity index (χ2v) is 9.68. The number of halogens is 1. The Labute approximate surface area is 212 Å². The molecule has 4 rings (SSSR count). The molecule has 1 aliphatic heterocycles. The molecule has 0 saturated carbocycles. The molecule has 184 valence electrons. The highest BCUT2D eigenvalue weighted by atomic mass is 35.5. The second-order valence-electron chi connectivity index (χ2n) is 9.27. The van der Waals surface area contributed by atoms with Crippen molar-refractivity contribution < 1.29 is 9.90 Å². The van der Waals surface area contributed by atoms with Gasteiger partial charge < -0.3 is 16.2 Å². The highest BCUT2D eigenvalue weighted by molar-refractivity contribution is 6.32. The molecule has 4 N–H and O–H groups in total. The van der Waals surface area contributed by atoms with Crippen LogP contribution in [0.3, 0.4) is 0 Å². The number of hydrogen-bond donors (Lipinski definition) is 3. The lowest BCUT2D eigenvalue weighted by Crippen LogP contribution is -2.33. The number of nitrogens with zero attached hydrogens (tertiary/aromatic N) is 2. The summed E-state index contributed by atoms with van der Waals surface area (Å²) in [7, 11) is 0. The summed E-state index contributed by atoms with van der Waals surface area (Å²) in [6, 6.07) is 15.0. The summed E-state index contributed by atoms with van der Waals surface area (Å²) in [5.41, 5.74) is 11.8. The summed E-state index contributed by atoms with van der Waals surface area (Å²) in [6.45, 7) is 8.92. The number of benzene rings is 2. The van der Waals surface area contributed by atoms with Gasteiger partial charge in [-0.2, -0.15) is 0 Å². The van der Waals surface area contributed by atoms with Gasteiger partial charge in [0, 0.05) is 22.7 Å². The molecule has 35 heavy (non-hydrogen) atoms. The SMILES string of the molecule is Cc1cccc(-c2cc(CN3CCCNCCC3)cc(C(C(N)=O)c3c(O)cccc3Cl)n2)c1C. The molecule has 1 aliphatic rings. The van der Waals surface area contributed by atoms with Crippen LogP contribution in [-0.4, -0.2) is 47.1 Å². The minimum atomic E-state index is -0.968. The number of phenolic OH excluding ortho intramolecular Hbond substituents is 1. The maximum Gasteiger partial charge on any atom is 0.231 e. The number of carbonyl (C=O) groups excluding carboxylic acids is 1. The Morgan fingerprint density at radius 2 is 1.86 bits per heavy atom. The lowest BCUT2D eigenvalue weighted by atomic mass is 9.91. The summed E-state index contributed by atoms with van der Waals surface area (Å²) >= 11 is 6.44. The Kier molecular flexibility index (Phi) is 8.06. The maximum absolute atomic E-state index is 12.8. The summed E-state index contributed by atoms with van der Waals surface area (Å²) in [6.07, 6.45) is 2.17. The fourth-order valence-electron chi connectivity index (χ4n) is 4.77. The van der Waals surface area contributed by atoms with Gasteiger partial charge in [-0.15, -0.1) is 0 Å². The van der Waals surface area contributed by atoms with Gasteiger partial charge >= 0.3 is 0 Å². The van der Waals surface area contributed by atoms with E-state index in [1.807, 2.05) is 18.2 Å². The summed E-state index contributed by atoms with van der Waals surface area (Å²) in [5, 5.41) is 14.3. The van der Waals surface area contributed by atoms with Gasteiger partial charge in [0.05, 0.1) is 11.4 Å². The Morgan fingerprint density at radius 3 is 2.54 bits per heavy atom. The van der Waals surface area contributed by atoms with Crippen LogP contribution < -0.4 is 11.1 Å². The lowest BCUT2D eigenvalue weighted by Gasteiger charge is -2.26. The third kappa shape index (κ3) is 5.84. The third-order valence-corrected chi connectivity index (χ3v) is 7.08. The first kappa shape index (κ1) is 25.2. The van der Waals surface area contributed by atoms with E-state index in [0.717, 1.165) is 67.9 Å². The number of primary amides is 1. The van der Waals surface area contributed by atoms with Gasteiger partial charge in [0.2, 0.25) is 5.91 Å². The molecule has 0 bridgehead atoms. The predicted molar refractivity (Wildman–Crippen MR) is 141 cm³/mol. The van der Waals surface area contributed by atoms with Crippen LogP contribution in [0.15, 0.2) is 48.5 Å². The quantitative estimate of drug-likeness (QED) is 0.470. The zero-order chi connectivity index (χ0) is 24.9. The van der Waals surface area contributed by atoms with E-state index >= 15 is 0 Å². The molecular weight excluding hydrogens is 460 g/mol. The van der Waals surface area contributed by atoms with E-state index in [9.17, 15) is 9.90 Å². The second kappa shape index (κ2) is 11.2. The number of aryl methyl sites for hydroxylation is 1. The van der Waals surface area contributed by atoms with Gasteiger partial charge in [-0.25, -0.2) is 0 Å². The number of nitrogens with one attached hydrogen (secondary N) is 1. The zero-order valence-electron chi connectivity index (χ0n) is 20.4. The molecule has 2 aromatic carbocycles. The van der Waals surface area contributed by atoms with Crippen molar-refractivity contribution in [2.24, 2.45) is 5.73 Å². The summed E-state index contributed by atoms with van der Waals surface area (Å²) < 4.78 is 0. The van der Waals surface area contributed by atoms with Crippen molar-refractivity contribution in [2.45, 2.75) is 39.2 Å². The van der Waals surface area contributed by atoms with Gasteiger partial charge in [-0.1, -0.05) is 35.9 Å². The monoisotopic (exact) mass is 492 g/mol. The van der Waals surface area contributed by atoms with Crippen molar-refractivity contribution in [3.05, 3.63) is 81.5 Å². The molecule has 1 amide bonds. The van der Waals surface area contributed by atoms with Crippen molar-refractivity contribution in [3.63, 3.8) is 0 Å². The predicted octanol–water partition coefficient (Wildman–Crippen LogP) is 4.53. The van der Waals surface area contributed by atoms with E-state index in [2.05, 4.69) is 36.2 Å². The van der Waals surface area contributed by atoms with E-state index in [-0.39, 0.29) is 16.3 Å². The molecular formula is C28H33ClN4O2. The number of aromatic hydroxyl groups is 1. The van der Waals surface area contributed by atoms with E-state index in [1.165, 1.54) is 11.6 Å². The smallest absolute Gasteiger partial charge is 0.231 e. The lowest BCUT2D eigenvalue weighted by molar-refractivity contribution is -0.118. The largest absolute Gasteiger partial charge is 0.508 e. The first-order valence-corrected chi connectivity index (χ1v) is 12.5. The van der Waals surface area contributed by atoms with Crippen LogP contribution >= 0.6 is 11.6 Å². The van der Waals surface area contributed by atoms with Crippen LogP contribution in [0.5, 0.6) is 5.75 Å². The average molecular weight is 493 g/mol. The van der Waals surface area contributed by atoms with Gasteiger partial charge in [0.1, 0.15) is 11.7 Å². The highest BCUT2D eigenvalue weighted by Crippen LogP contribution is 2.37. The molecule has 3 aromatic rings. The van der Waals surface area contributed by atoms with Gasteiger partial charge in [-0.05, 0) is 93.8 Å². The highest BCUT2D eigenvalue weighted by Gasteiger charge is 2.28. The van der Waals surface area contributed by atoms with E-state index in [4.69, 9.17) is 22.3 Å². The number of hydrogen-bond acceptors (Lipinski definition) is 5. The van der Waals surface area contributed by atoms with Crippen LogP contribution in [0, 0.1) is 13.8 Å². The maximum atomic E-state index is 12.8. The van der Waals surface area contributed by atoms with Crippen LogP contribution in [0.2, 0.25) is 5.02 Å². The van der Waals surface area contributed by atoms with Crippen molar-refractivity contribution in [2.75, 3.05) is 26.2 Å². The van der Waals surface area contributed by atoms with Crippen molar-refractivity contribution in [1.82, 2.24) is 15.2 Å². The zero-order valence-corrected chi connectivity index (χ0v) is 21.1. The van der Waals surface area contributed by atoms with Crippen LogP contribution in [0.25, 0.3) is 11.3 Å². The van der Waals surface area contributed by atoms with Crippen molar-refractivity contribution >= 4 is 17.5 Å². The molecule has 2 heterocycles. The number of phenols is 1. The average Bonchev–Trinajstić information content (AvgIpc) is 2.79. The molecule has 1 unspecified atom stereocenters. The number of carbonyl (C=O) groups is 1. The molecule has 0 radical (unpaired) electrons. The van der Waals surface area contributed by atoms with Gasteiger partial charge in [0.25, 0.3) is 0 Å². The number of nitrogens with two attached hydrogens (primary N) is 1. The Bertz CT molecular complexity index is 1190. The van der Waals surface area contributed by atoms with Crippen LogP contribution in [0.4, 0.5) is 0 Å². The number of amides is 1. The van der Waals surface area contributed by atoms with Crippen LogP contribution in [0.1, 0.15) is 46.7 Å². The Morgan fingerprint density at radius 1 is 1.14 bits per heavy atom. The molecule has 0 spiro atoms. The van der Waals surface area contributed by atoms with E-state index < -0.39 is 11.8 Å². The van der Waals surface area contributed by atoms with Crippen molar-refractivity contribution in [1.29, 1.82) is 0 Å². The first-order chi connectivity index (χ1) is 16.8. The third-order valence-electron chi connectivity index (χ3n) is 6.75. The first-order valence-electron chi connectivity index (χ1n) is 12.1. The number of rotatable bonds is 6. The summed E-state index contributed by atoms with van der Waals surface area (Å²) in [4.78, 5) is 20.1. The van der Waals surface area contributed by atoms with Gasteiger partial charge in [-0.3, -0.25) is 14.7 Å². The topological polar surface area (TPSA) is 91.5 Å². The molecule has 0 aliphatic carbocycles. The molecule has 6 nitrogen and oxygen atoms in total. The number of pyridine rings is 1. The van der Waals surface area contributed by atoms with E-state index in [1.54, 1.807) is 12.1 Å². The summed E-state index contributed by atoms with van der Waals surface area (Å²) in [5.74, 6) is -1.65. The van der Waals surface area contributed by atoms with Crippen LogP contribution in [-0.2, 0) is 11.3 Å². The molecule has 1 fully saturated rings. The normalized spacial score (nSPS) is 15.9. The standard InChI is InChI=1S/C28H33ClN4O2/c1-18-7-3-8-21(19(18)2)23-15-20(17-33-13-5-11-31-12-6-14-33)16-24(32-23)27(28(30)35)26-22(29)9-4-10-25(26)34/h3-4,7-10,15-16,27,31,34H,5-6,11-14,17H2,1-2H3,(H2,30,35). The minimum absolute atomic E-state index is 0.0712. The van der Waals surface area contributed by atoms with Gasteiger partial charge in [0.15, 0.2) is 0 Å².